The molecule has 1 heterocycles. The second-order valence-corrected chi connectivity index (χ2v) is 7.17. The molecule has 0 aromatic carbocycles. The summed E-state index contributed by atoms with van der Waals surface area (Å²) >= 11 is 0. The first-order valence-electron chi connectivity index (χ1n) is 4.23. The van der Waals surface area contributed by atoms with Crippen LogP contribution in [0.3, 0.4) is 0 Å². The second-order valence-electron chi connectivity index (χ2n) is 3.37. The van der Waals surface area contributed by atoms with Gasteiger partial charge in [-0.1, -0.05) is 0 Å². The minimum absolute atomic E-state index is 0.0193. The van der Waals surface area contributed by atoms with Crippen LogP contribution in [0.1, 0.15) is 12.8 Å². The SMILES string of the molecule is O=S1(=O)CCCC(OS(=O)(=O)C(F)(F)F)C1. The van der Waals surface area contributed by atoms with E-state index in [0.717, 1.165) is 0 Å². The van der Waals surface area contributed by atoms with E-state index in [0.29, 0.717) is 0 Å². The zero-order valence-electron chi connectivity index (χ0n) is 7.90. The first-order chi connectivity index (χ1) is 7.04. The Morgan fingerprint density at radius 1 is 1.25 bits per heavy atom. The minimum atomic E-state index is -5.71. The lowest BCUT2D eigenvalue weighted by Gasteiger charge is -2.22. The molecule has 16 heavy (non-hydrogen) atoms. The summed E-state index contributed by atoms with van der Waals surface area (Å²) in [4.78, 5) is 0. The third kappa shape index (κ3) is 3.32. The average Bonchev–Trinajstić information content (AvgIpc) is 1.98. The summed E-state index contributed by atoms with van der Waals surface area (Å²) in [6, 6.07) is 0. The largest absolute Gasteiger partial charge is 0.523 e. The molecule has 0 aromatic rings. The van der Waals surface area contributed by atoms with Crippen LogP contribution in [0.2, 0.25) is 0 Å². The molecule has 1 aliphatic heterocycles. The molecule has 0 N–H and O–H groups in total. The van der Waals surface area contributed by atoms with Crippen LogP contribution >= 0.6 is 0 Å². The number of alkyl halides is 3. The fraction of sp³-hybridized carbons (Fsp3) is 1.00. The highest BCUT2D eigenvalue weighted by Crippen LogP contribution is 2.28. The van der Waals surface area contributed by atoms with Crippen molar-refractivity contribution in [1.82, 2.24) is 0 Å². The van der Waals surface area contributed by atoms with Gasteiger partial charge in [-0.2, -0.15) is 21.6 Å². The van der Waals surface area contributed by atoms with Crippen LogP contribution in [0, 0.1) is 0 Å². The maximum Gasteiger partial charge on any atom is 0.523 e. The Kier molecular flexibility index (Phi) is 3.56. The number of hydrogen-bond donors (Lipinski definition) is 0. The topological polar surface area (TPSA) is 77.5 Å². The molecule has 1 fully saturated rings. The Hall–Kier alpha value is -0.350. The highest BCUT2D eigenvalue weighted by molar-refractivity contribution is 7.91. The highest BCUT2D eigenvalue weighted by atomic mass is 32.2. The third-order valence-corrected chi connectivity index (χ3v) is 4.85. The van der Waals surface area contributed by atoms with Gasteiger partial charge in [0.05, 0.1) is 17.6 Å². The first kappa shape index (κ1) is 13.7. The predicted molar refractivity (Wildman–Crippen MR) is 47.7 cm³/mol. The van der Waals surface area contributed by atoms with Crippen LogP contribution in [0.25, 0.3) is 0 Å². The standard InChI is InChI=1S/C6H9F3O5S2/c7-6(8,9)16(12,13)14-5-2-1-3-15(10,11)4-5/h5H,1-4H2. The molecule has 96 valence electrons. The Balaban J connectivity index is 2.76. The second kappa shape index (κ2) is 4.15. The molecule has 0 aromatic heterocycles. The van der Waals surface area contributed by atoms with E-state index in [9.17, 15) is 30.0 Å². The van der Waals surface area contributed by atoms with Crippen molar-refractivity contribution in [2.24, 2.45) is 0 Å². The molecule has 0 saturated carbocycles. The minimum Gasteiger partial charge on any atom is -0.259 e. The van der Waals surface area contributed by atoms with Crippen molar-refractivity contribution in [2.45, 2.75) is 24.5 Å². The lowest BCUT2D eigenvalue weighted by molar-refractivity contribution is -0.0570. The van der Waals surface area contributed by atoms with Gasteiger partial charge >= 0.3 is 15.6 Å². The summed E-state index contributed by atoms with van der Waals surface area (Å²) in [5.41, 5.74) is -5.52. The van der Waals surface area contributed by atoms with Crippen molar-refractivity contribution in [3.05, 3.63) is 0 Å². The highest BCUT2D eigenvalue weighted by Gasteiger charge is 2.49. The van der Waals surface area contributed by atoms with Crippen LogP contribution < -0.4 is 0 Å². The van der Waals surface area contributed by atoms with E-state index >= 15 is 0 Å². The van der Waals surface area contributed by atoms with Gasteiger partial charge in [-0.15, -0.1) is 0 Å². The van der Waals surface area contributed by atoms with Gasteiger partial charge in [0, 0.05) is 0 Å². The van der Waals surface area contributed by atoms with E-state index in [1.54, 1.807) is 0 Å². The summed E-state index contributed by atoms with van der Waals surface area (Å²) in [6.45, 7) is 0. The average molecular weight is 282 g/mol. The third-order valence-electron chi connectivity index (χ3n) is 1.97. The lowest BCUT2D eigenvalue weighted by atomic mass is 10.2. The van der Waals surface area contributed by atoms with E-state index in [4.69, 9.17) is 0 Å². The van der Waals surface area contributed by atoms with Gasteiger partial charge in [0.15, 0.2) is 9.84 Å². The fourth-order valence-electron chi connectivity index (χ4n) is 1.29. The predicted octanol–water partition coefficient (Wildman–Crippen LogP) is 0.430. The summed E-state index contributed by atoms with van der Waals surface area (Å²) in [6.07, 6.45) is -1.36. The number of rotatable bonds is 2. The molecule has 10 heteroatoms. The van der Waals surface area contributed by atoms with Gasteiger partial charge in [0.1, 0.15) is 0 Å². The van der Waals surface area contributed by atoms with Crippen molar-refractivity contribution in [2.75, 3.05) is 11.5 Å². The molecule has 1 unspecified atom stereocenters. The Morgan fingerprint density at radius 3 is 2.25 bits per heavy atom. The van der Waals surface area contributed by atoms with Gasteiger partial charge in [-0.25, -0.2) is 8.42 Å². The maximum absolute atomic E-state index is 11.9. The van der Waals surface area contributed by atoms with E-state index in [1.807, 2.05) is 0 Å². The number of halogens is 3. The van der Waals surface area contributed by atoms with Crippen molar-refractivity contribution in [1.29, 1.82) is 0 Å². The molecule has 1 saturated heterocycles. The Morgan fingerprint density at radius 2 is 1.81 bits per heavy atom. The summed E-state index contributed by atoms with van der Waals surface area (Å²) in [5, 5.41) is 0. The van der Waals surface area contributed by atoms with Gasteiger partial charge < -0.3 is 0 Å². The van der Waals surface area contributed by atoms with Crippen LogP contribution in [-0.4, -0.2) is 40.0 Å². The molecule has 5 nitrogen and oxygen atoms in total. The molecule has 1 atom stereocenters. The van der Waals surface area contributed by atoms with E-state index in [-0.39, 0.29) is 18.6 Å². The van der Waals surface area contributed by atoms with Crippen LogP contribution in [0.4, 0.5) is 13.2 Å². The number of hydrogen-bond acceptors (Lipinski definition) is 5. The van der Waals surface area contributed by atoms with Crippen LogP contribution in [0.5, 0.6) is 0 Å². The van der Waals surface area contributed by atoms with E-state index in [2.05, 4.69) is 4.18 Å². The molecular formula is C6H9F3O5S2. The normalized spacial score (nSPS) is 26.6. The molecule has 1 aliphatic rings. The van der Waals surface area contributed by atoms with Crippen molar-refractivity contribution >= 4 is 20.0 Å². The zero-order valence-corrected chi connectivity index (χ0v) is 9.53. The van der Waals surface area contributed by atoms with Crippen molar-refractivity contribution < 1.29 is 34.2 Å². The van der Waals surface area contributed by atoms with Gasteiger partial charge in [0.2, 0.25) is 0 Å². The molecule has 1 rings (SSSR count). The zero-order chi connectivity index (χ0) is 12.6. The quantitative estimate of drug-likeness (QED) is 0.542. The first-order valence-corrected chi connectivity index (χ1v) is 7.46. The molecule has 0 spiro atoms. The van der Waals surface area contributed by atoms with Crippen LogP contribution in [-0.2, 0) is 24.1 Å². The molecule has 0 bridgehead atoms. The Bertz CT molecular complexity index is 449. The van der Waals surface area contributed by atoms with Crippen molar-refractivity contribution in [3.8, 4) is 0 Å². The van der Waals surface area contributed by atoms with Crippen LogP contribution in [0.15, 0.2) is 0 Å². The van der Waals surface area contributed by atoms with E-state index < -0.39 is 37.3 Å². The monoisotopic (exact) mass is 282 g/mol. The smallest absolute Gasteiger partial charge is 0.259 e. The molecule has 0 radical (unpaired) electrons. The molecule has 0 aliphatic carbocycles. The van der Waals surface area contributed by atoms with Gasteiger partial charge in [-0.05, 0) is 12.8 Å². The summed E-state index contributed by atoms with van der Waals surface area (Å²) in [5.74, 6) is -0.846. The maximum atomic E-state index is 11.9. The van der Waals surface area contributed by atoms with Gasteiger partial charge in [0.25, 0.3) is 0 Å². The summed E-state index contributed by atoms with van der Waals surface area (Å²) < 4.78 is 82.9. The van der Waals surface area contributed by atoms with E-state index in [1.165, 1.54) is 0 Å². The molecular weight excluding hydrogens is 273 g/mol. The Labute approximate surface area is 90.6 Å². The van der Waals surface area contributed by atoms with Gasteiger partial charge in [-0.3, -0.25) is 4.18 Å². The summed E-state index contributed by atoms with van der Waals surface area (Å²) in [7, 11) is -9.22. The lowest BCUT2D eigenvalue weighted by Crippen LogP contribution is -2.37. The molecule has 0 amide bonds. The number of sulfone groups is 1. The van der Waals surface area contributed by atoms with Crippen molar-refractivity contribution in [3.63, 3.8) is 0 Å². The fourth-order valence-corrected chi connectivity index (χ4v) is 3.58.